The van der Waals surface area contributed by atoms with E-state index >= 15 is 0 Å². The Morgan fingerprint density at radius 3 is 2.67 bits per heavy atom. The monoisotopic (exact) mass is 312 g/mol. The van der Waals surface area contributed by atoms with Gasteiger partial charge in [0.15, 0.2) is 5.03 Å². The number of aryl methyl sites for hydroxylation is 1. The van der Waals surface area contributed by atoms with Gasteiger partial charge in [0.2, 0.25) is 0 Å². The first-order valence-electron chi connectivity index (χ1n) is 6.42. The molecule has 2 N–H and O–H groups in total. The normalized spacial score (nSPS) is 11.6. The third kappa shape index (κ3) is 3.22. The Bertz CT molecular complexity index is 714. The Morgan fingerprint density at radius 1 is 1.38 bits per heavy atom. The van der Waals surface area contributed by atoms with Crippen molar-refractivity contribution >= 4 is 15.7 Å². The number of nitrogens with two attached hydrogens (primary N) is 1. The lowest BCUT2D eigenvalue weighted by Gasteiger charge is -2.23. The molecule has 114 valence electrons. The Hall–Kier alpha value is -1.93. The van der Waals surface area contributed by atoms with Crippen LogP contribution in [0, 0.1) is 5.82 Å². The zero-order chi connectivity index (χ0) is 15.5. The summed E-state index contributed by atoms with van der Waals surface area (Å²) in [7, 11) is -2.26. The SMILES string of the molecule is Cn1cnc(S(=O)(=O)N(CCCN)c2ccccc2F)c1. The molecule has 0 fully saturated rings. The fraction of sp³-hybridized carbons (Fsp3) is 0.308. The summed E-state index contributed by atoms with van der Waals surface area (Å²) in [6.07, 6.45) is 3.18. The maximum atomic E-state index is 14.0. The number of anilines is 1. The van der Waals surface area contributed by atoms with Gasteiger partial charge in [-0.1, -0.05) is 12.1 Å². The van der Waals surface area contributed by atoms with E-state index in [1.54, 1.807) is 13.1 Å². The minimum Gasteiger partial charge on any atom is -0.339 e. The first-order chi connectivity index (χ1) is 9.96. The fourth-order valence-electron chi connectivity index (χ4n) is 1.89. The Morgan fingerprint density at radius 2 is 2.10 bits per heavy atom. The quantitative estimate of drug-likeness (QED) is 0.866. The van der Waals surface area contributed by atoms with E-state index in [1.807, 2.05) is 0 Å². The number of para-hydroxylation sites is 1. The van der Waals surface area contributed by atoms with Gasteiger partial charge in [-0.15, -0.1) is 0 Å². The highest BCUT2D eigenvalue weighted by atomic mass is 32.2. The average Bonchev–Trinajstić information content (AvgIpc) is 2.88. The molecular formula is C13H17FN4O2S. The molecule has 0 unspecified atom stereocenters. The van der Waals surface area contributed by atoms with E-state index < -0.39 is 15.8 Å². The van der Waals surface area contributed by atoms with Crippen LogP contribution in [-0.4, -0.2) is 31.1 Å². The maximum Gasteiger partial charge on any atom is 0.283 e. The molecule has 0 radical (unpaired) electrons. The van der Waals surface area contributed by atoms with Crippen molar-refractivity contribution in [3.8, 4) is 0 Å². The molecule has 0 aliphatic heterocycles. The van der Waals surface area contributed by atoms with E-state index in [9.17, 15) is 12.8 Å². The van der Waals surface area contributed by atoms with Crippen molar-refractivity contribution < 1.29 is 12.8 Å². The second-order valence-electron chi connectivity index (χ2n) is 4.55. The Balaban J connectivity index is 2.48. The smallest absolute Gasteiger partial charge is 0.283 e. The van der Waals surface area contributed by atoms with Crippen LogP contribution in [0.4, 0.5) is 10.1 Å². The maximum absolute atomic E-state index is 14.0. The number of imidazole rings is 1. The Labute approximate surface area is 123 Å². The van der Waals surface area contributed by atoms with Gasteiger partial charge < -0.3 is 10.3 Å². The lowest BCUT2D eigenvalue weighted by molar-refractivity contribution is 0.580. The molecule has 0 aliphatic rings. The summed E-state index contributed by atoms with van der Waals surface area (Å²) in [5, 5.41) is -0.120. The molecule has 0 bridgehead atoms. The van der Waals surface area contributed by atoms with Gasteiger partial charge in [-0.3, -0.25) is 4.31 Å². The van der Waals surface area contributed by atoms with Gasteiger partial charge in [-0.05, 0) is 25.1 Å². The Kier molecular flexibility index (Phi) is 4.59. The molecule has 2 aromatic rings. The van der Waals surface area contributed by atoms with Crippen molar-refractivity contribution in [2.45, 2.75) is 11.4 Å². The lowest BCUT2D eigenvalue weighted by atomic mass is 10.3. The second kappa shape index (κ2) is 6.23. The first kappa shape index (κ1) is 15.5. The molecule has 0 atom stereocenters. The molecule has 0 saturated carbocycles. The second-order valence-corrected chi connectivity index (χ2v) is 6.36. The number of hydrogen-bond donors (Lipinski definition) is 1. The van der Waals surface area contributed by atoms with Crippen LogP contribution in [0.3, 0.4) is 0 Å². The van der Waals surface area contributed by atoms with E-state index in [0.717, 1.165) is 4.31 Å². The molecule has 6 nitrogen and oxygen atoms in total. The topological polar surface area (TPSA) is 81.2 Å². The summed E-state index contributed by atoms with van der Waals surface area (Å²) in [5.74, 6) is -0.603. The van der Waals surface area contributed by atoms with Gasteiger partial charge in [-0.25, -0.2) is 9.37 Å². The van der Waals surface area contributed by atoms with E-state index in [2.05, 4.69) is 4.98 Å². The highest BCUT2D eigenvalue weighted by molar-refractivity contribution is 7.92. The van der Waals surface area contributed by atoms with E-state index in [0.29, 0.717) is 13.0 Å². The zero-order valence-corrected chi connectivity index (χ0v) is 12.4. The highest BCUT2D eigenvalue weighted by Gasteiger charge is 2.28. The van der Waals surface area contributed by atoms with Gasteiger partial charge >= 0.3 is 0 Å². The van der Waals surface area contributed by atoms with Crippen LogP contribution in [0.2, 0.25) is 0 Å². The molecule has 1 aromatic carbocycles. The molecule has 8 heteroatoms. The van der Waals surface area contributed by atoms with Crippen LogP contribution in [-0.2, 0) is 17.1 Å². The lowest BCUT2D eigenvalue weighted by Crippen LogP contribution is -2.34. The predicted octanol–water partition coefficient (Wildman–Crippen LogP) is 1.10. The summed E-state index contributed by atoms with van der Waals surface area (Å²) >= 11 is 0. The van der Waals surface area contributed by atoms with Crippen molar-refractivity contribution in [2.24, 2.45) is 12.8 Å². The van der Waals surface area contributed by atoms with Crippen LogP contribution in [0.1, 0.15) is 6.42 Å². The number of aromatic nitrogens is 2. The number of rotatable bonds is 6. The third-order valence-electron chi connectivity index (χ3n) is 2.92. The molecule has 2 rings (SSSR count). The number of sulfonamides is 1. The van der Waals surface area contributed by atoms with Gasteiger partial charge in [0, 0.05) is 19.8 Å². The van der Waals surface area contributed by atoms with E-state index in [1.165, 1.54) is 35.3 Å². The van der Waals surface area contributed by atoms with Crippen LogP contribution in [0.5, 0.6) is 0 Å². The summed E-state index contributed by atoms with van der Waals surface area (Å²) < 4.78 is 41.8. The molecular weight excluding hydrogens is 295 g/mol. The minimum atomic E-state index is -3.92. The van der Waals surface area contributed by atoms with Crippen molar-refractivity contribution in [1.29, 1.82) is 0 Å². The van der Waals surface area contributed by atoms with Crippen LogP contribution < -0.4 is 10.0 Å². The minimum absolute atomic E-state index is 0.00315. The zero-order valence-electron chi connectivity index (χ0n) is 11.6. The average molecular weight is 312 g/mol. The molecule has 0 spiro atoms. The highest BCUT2D eigenvalue weighted by Crippen LogP contribution is 2.25. The van der Waals surface area contributed by atoms with Gasteiger partial charge in [0.25, 0.3) is 10.0 Å². The van der Waals surface area contributed by atoms with Crippen molar-refractivity contribution in [3.05, 3.63) is 42.6 Å². The van der Waals surface area contributed by atoms with Crippen LogP contribution in [0.15, 0.2) is 41.8 Å². The van der Waals surface area contributed by atoms with Crippen LogP contribution in [0.25, 0.3) is 0 Å². The number of hydrogen-bond acceptors (Lipinski definition) is 4. The summed E-state index contributed by atoms with van der Waals surface area (Å²) in [5.41, 5.74) is 5.44. The van der Waals surface area contributed by atoms with Crippen molar-refractivity contribution in [2.75, 3.05) is 17.4 Å². The summed E-state index contributed by atoms with van der Waals surface area (Å²) in [6.45, 7) is 0.402. The van der Waals surface area contributed by atoms with Crippen molar-refractivity contribution in [3.63, 3.8) is 0 Å². The molecule has 1 aromatic heterocycles. The number of nitrogens with zero attached hydrogens (tertiary/aromatic N) is 3. The predicted molar refractivity (Wildman–Crippen MR) is 77.8 cm³/mol. The summed E-state index contributed by atoms with van der Waals surface area (Å²) in [4.78, 5) is 3.85. The van der Waals surface area contributed by atoms with E-state index in [-0.39, 0.29) is 17.3 Å². The van der Waals surface area contributed by atoms with Gasteiger partial charge in [0.1, 0.15) is 5.82 Å². The van der Waals surface area contributed by atoms with Crippen LogP contribution >= 0.6 is 0 Å². The number of halogens is 1. The van der Waals surface area contributed by atoms with E-state index in [4.69, 9.17) is 5.73 Å². The molecule has 0 aliphatic carbocycles. The molecule has 21 heavy (non-hydrogen) atoms. The third-order valence-corrected chi connectivity index (χ3v) is 4.62. The summed E-state index contributed by atoms with van der Waals surface area (Å²) in [6, 6.07) is 5.74. The van der Waals surface area contributed by atoms with Crippen molar-refractivity contribution in [1.82, 2.24) is 9.55 Å². The molecule has 1 heterocycles. The number of benzene rings is 1. The standard InChI is InChI=1S/C13H17FN4O2S/c1-17-9-13(16-10-17)21(19,20)18(8-4-7-15)12-6-3-2-5-11(12)14/h2-3,5-6,9-10H,4,7-8,15H2,1H3. The largest absolute Gasteiger partial charge is 0.339 e. The fourth-order valence-corrected chi connectivity index (χ4v) is 3.38. The van der Waals surface area contributed by atoms with Gasteiger partial charge in [-0.2, -0.15) is 8.42 Å². The van der Waals surface area contributed by atoms with Gasteiger partial charge in [0.05, 0.1) is 12.0 Å². The molecule has 0 amide bonds. The molecule has 0 saturated heterocycles. The first-order valence-corrected chi connectivity index (χ1v) is 7.86.